The van der Waals surface area contributed by atoms with Crippen molar-refractivity contribution in [2.75, 3.05) is 13.1 Å². The molecule has 34 heavy (non-hydrogen) atoms. The lowest BCUT2D eigenvalue weighted by Gasteiger charge is -2.62. The summed E-state index contributed by atoms with van der Waals surface area (Å²) in [5.41, 5.74) is 0.181. The van der Waals surface area contributed by atoms with Gasteiger partial charge in [0.1, 0.15) is 0 Å². The third-order valence-corrected chi connectivity index (χ3v) is 8.68. The number of ether oxygens (including phenoxy) is 2. The number of rotatable bonds is 10. The Bertz CT molecular complexity index is 989. The van der Waals surface area contributed by atoms with Gasteiger partial charge in [0.15, 0.2) is 23.4 Å². The van der Waals surface area contributed by atoms with E-state index in [9.17, 15) is 14.7 Å². The molecule has 6 nitrogen and oxygen atoms in total. The van der Waals surface area contributed by atoms with Crippen LogP contribution in [0, 0.1) is 0 Å². The minimum absolute atomic E-state index is 0.0361. The van der Waals surface area contributed by atoms with Gasteiger partial charge in [-0.15, -0.1) is 6.58 Å². The minimum atomic E-state index is -1.05. The van der Waals surface area contributed by atoms with Crippen LogP contribution in [0.1, 0.15) is 82.3 Å². The monoisotopic (exact) mass is 467 g/mol. The molecule has 0 unspecified atom stereocenters. The lowest BCUT2D eigenvalue weighted by molar-refractivity contribution is -0.187. The van der Waals surface area contributed by atoms with Gasteiger partial charge >= 0.3 is 5.97 Å². The molecule has 6 heteroatoms. The number of esters is 1. The zero-order chi connectivity index (χ0) is 23.9. The summed E-state index contributed by atoms with van der Waals surface area (Å²) >= 11 is 0. The third kappa shape index (κ3) is 3.44. The number of piperidine rings is 1. The highest BCUT2D eigenvalue weighted by atomic mass is 16.6. The highest BCUT2D eigenvalue weighted by molar-refractivity contribution is 5.90. The Morgan fingerprint density at radius 1 is 1.26 bits per heavy atom. The quantitative estimate of drug-likeness (QED) is 0.240. The number of unbranched alkanes of at least 4 members (excludes halogenated alkanes) is 5. The molecule has 0 radical (unpaired) electrons. The lowest BCUT2D eigenvalue weighted by Crippen LogP contribution is -2.76. The van der Waals surface area contributed by atoms with E-state index in [1.165, 1.54) is 19.3 Å². The number of ketones is 1. The Labute approximate surface area is 202 Å². The number of hydrogen-bond donors (Lipinski definition) is 1. The molecule has 2 fully saturated rings. The van der Waals surface area contributed by atoms with Crippen LogP contribution in [0.25, 0.3) is 0 Å². The fourth-order valence-corrected chi connectivity index (χ4v) is 7.09. The second-order valence-electron chi connectivity index (χ2n) is 10.5. The molecule has 5 rings (SSSR count). The van der Waals surface area contributed by atoms with E-state index < -0.39 is 17.1 Å². The summed E-state index contributed by atoms with van der Waals surface area (Å²) in [5.74, 6) is 0.663. The minimum Gasteiger partial charge on any atom is -0.477 e. The van der Waals surface area contributed by atoms with Gasteiger partial charge in [-0.3, -0.25) is 14.5 Å². The van der Waals surface area contributed by atoms with E-state index in [0.717, 1.165) is 36.9 Å². The summed E-state index contributed by atoms with van der Waals surface area (Å²) in [6, 6.07) is 3.73. The number of carbonyl (C=O) groups excluding carboxylic acids is 2. The standard InChI is InChI=1S/C28H37NO5/c1-3-5-6-7-8-9-10-23(31)33-21-12-11-19-18-22-28(32)14-13-20(30)26-27(28,24(19)25(21)34-26)15-17-29(22)16-4-2/h4,11-12,22,26,32H,2-3,5-10,13-18H2,1H3/t22-,26-,27-,28+/m0/s1. The average Bonchev–Trinajstić information content (AvgIpc) is 3.18. The van der Waals surface area contributed by atoms with Crippen LogP contribution in [-0.2, 0) is 21.4 Å². The third-order valence-electron chi connectivity index (χ3n) is 8.68. The lowest BCUT2D eigenvalue weighted by atomic mass is 9.49. The van der Waals surface area contributed by atoms with Crippen LogP contribution < -0.4 is 9.47 Å². The number of Topliss-reactive ketones (excluding diaryl/α,β-unsaturated/α-hetero) is 1. The Morgan fingerprint density at radius 2 is 2.06 bits per heavy atom. The molecule has 1 aromatic carbocycles. The van der Waals surface area contributed by atoms with Gasteiger partial charge in [0.25, 0.3) is 0 Å². The molecular weight excluding hydrogens is 430 g/mol. The first-order chi connectivity index (χ1) is 16.5. The van der Waals surface area contributed by atoms with Crippen molar-refractivity contribution < 1.29 is 24.2 Å². The van der Waals surface area contributed by atoms with Crippen LogP contribution in [0.5, 0.6) is 11.5 Å². The van der Waals surface area contributed by atoms with Crippen molar-refractivity contribution >= 4 is 11.8 Å². The highest BCUT2D eigenvalue weighted by Gasteiger charge is 2.73. The molecule has 1 spiro atoms. The Kier molecular flexibility index (Phi) is 6.32. The number of hydrogen-bond acceptors (Lipinski definition) is 6. The molecule has 1 aromatic rings. The molecule has 2 aliphatic carbocycles. The molecule has 0 amide bonds. The molecule has 2 aliphatic heterocycles. The van der Waals surface area contributed by atoms with Gasteiger partial charge in [0.05, 0.1) is 11.0 Å². The maximum atomic E-state index is 13.1. The predicted molar refractivity (Wildman–Crippen MR) is 129 cm³/mol. The van der Waals surface area contributed by atoms with Crippen molar-refractivity contribution in [3.05, 3.63) is 35.9 Å². The van der Waals surface area contributed by atoms with Crippen LogP contribution in [0.2, 0.25) is 0 Å². The molecule has 0 aromatic heterocycles. The summed E-state index contributed by atoms with van der Waals surface area (Å²) in [4.78, 5) is 28.0. The molecule has 4 atom stereocenters. The van der Waals surface area contributed by atoms with Gasteiger partial charge in [0.2, 0.25) is 0 Å². The number of likely N-dealkylation sites (tertiary alicyclic amines) is 1. The van der Waals surface area contributed by atoms with Gasteiger partial charge in [-0.2, -0.15) is 0 Å². The second-order valence-corrected chi connectivity index (χ2v) is 10.5. The molecule has 4 aliphatic rings. The summed E-state index contributed by atoms with van der Waals surface area (Å²) in [7, 11) is 0. The van der Waals surface area contributed by atoms with Gasteiger partial charge in [0, 0.05) is 37.5 Å². The van der Waals surface area contributed by atoms with Crippen LogP contribution in [0.15, 0.2) is 24.8 Å². The van der Waals surface area contributed by atoms with Gasteiger partial charge in [-0.25, -0.2) is 0 Å². The average molecular weight is 468 g/mol. The van der Waals surface area contributed by atoms with Crippen LogP contribution in [-0.4, -0.2) is 52.6 Å². The maximum Gasteiger partial charge on any atom is 0.311 e. The van der Waals surface area contributed by atoms with Gasteiger partial charge in [-0.05, 0) is 37.3 Å². The van der Waals surface area contributed by atoms with E-state index in [1.54, 1.807) is 0 Å². The molecule has 2 heterocycles. The number of carbonyl (C=O) groups is 2. The SMILES string of the molecule is C=CCN1CC[C@]23c4c5ccc(OC(=O)CCCCCCCC)c4O[C@H]2C(=O)CC[C@@]3(O)[C@@H]1C5. The zero-order valence-corrected chi connectivity index (χ0v) is 20.3. The first kappa shape index (κ1) is 23.6. The molecule has 1 saturated carbocycles. The topological polar surface area (TPSA) is 76.1 Å². The predicted octanol–water partition coefficient (Wildman–Crippen LogP) is 4.25. The van der Waals surface area contributed by atoms with Crippen molar-refractivity contribution in [2.24, 2.45) is 0 Å². The van der Waals surface area contributed by atoms with Crippen molar-refractivity contribution in [1.82, 2.24) is 4.90 Å². The highest BCUT2D eigenvalue weighted by Crippen LogP contribution is 2.64. The van der Waals surface area contributed by atoms with Crippen LogP contribution in [0.3, 0.4) is 0 Å². The Balaban J connectivity index is 1.42. The Hall–Kier alpha value is -2.18. The van der Waals surface area contributed by atoms with E-state index >= 15 is 0 Å². The van der Waals surface area contributed by atoms with E-state index in [2.05, 4.69) is 18.4 Å². The van der Waals surface area contributed by atoms with E-state index in [0.29, 0.717) is 50.1 Å². The number of aliphatic hydroxyl groups is 1. The van der Waals surface area contributed by atoms with Crippen molar-refractivity contribution in [1.29, 1.82) is 0 Å². The number of benzene rings is 1. The summed E-state index contributed by atoms with van der Waals surface area (Å²) in [5, 5.41) is 12.2. The molecular formula is C28H37NO5. The molecule has 1 saturated heterocycles. The number of nitrogens with zero attached hydrogens (tertiary/aromatic N) is 1. The fraction of sp³-hybridized carbons (Fsp3) is 0.643. The zero-order valence-electron chi connectivity index (χ0n) is 20.3. The molecule has 184 valence electrons. The fourth-order valence-electron chi connectivity index (χ4n) is 7.09. The van der Waals surface area contributed by atoms with Gasteiger partial charge < -0.3 is 14.6 Å². The van der Waals surface area contributed by atoms with E-state index in [-0.39, 0.29) is 17.8 Å². The van der Waals surface area contributed by atoms with Crippen molar-refractivity contribution in [2.45, 2.75) is 101 Å². The summed E-state index contributed by atoms with van der Waals surface area (Å²) < 4.78 is 12.1. The smallest absolute Gasteiger partial charge is 0.311 e. The first-order valence-corrected chi connectivity index (χ1v) is 13.1. The molecule has 1 N–H and O–H groups in total. The normalized spacial score (nSPS) is 31.1. The maximum absolute atomic E-state index is 13.1. The van der Waals surface area contributed by atoms with E-state index in [1.807, 2.05) is 18.2 Å². The summed E-state index contributed by atoms with van der Waals surface area (Å²) in [6.07, 6.45) is 10.2. The summed E-state index contributed by atoms with van der Waals surface area (Å²) in [6.45, 7) is 7.57. The molecule has 2 bridgehead atoms. The van der Waals surface area contributed by atoms with Crippen molar-refractivity contribution in [3.8, 4) is 11.5 Å². The van der Waals surface area contributed by atoms with Crippen LogP contribution in [0.4, 0.5) is 0 Å². The largest absolute Gasteiger partial charge is 0.477 e. The first-order valence-electron chi connectivity index (χ1n) is 13.1. The van der Waals surface area contributed by atoms with E-state index in [4.69, 9.17) is 9.47 Å². The van der Waals surface area contributed by atoms with Crippen molar-refractivity contribution in [3.63, 3.8) is 0 Å². The van der Waals surface area contributed by atoms with Gasteiger partial charge in [-0.1, -0.05) is 51.2 Å². The second kappa shape index (κ2) is 9.12. The van der Waals surface area contributed by atoms with Crippen LogP contribution >= 0.6 is 0 Å². The Morgan fingerprint density at radius 3 is 2.85 bits per heavy atom.